The molecular formula is C14H27NO2. The summed E-state index contributed by atoms with van der Waals surface area (Å²) in [5.74, 6) is 1.37. The van der Waals surface area contributed by atoms with Crippen molar-refractivity contribution in [3.8, 4) is 0 Å². The molecule has 0 aromatic heterocycles. The predicted octanol–water partition coefficient (Wildman–Crippen LogP) is 2.55. The van der Waals surface area contributed by atoms with E-state index in [1.54, 1.807) is 0 Å². The summed E-state index contributed by atoms with van der Waals surface area (Å²) >= 11 is 0. The van der Waals surface area contributed by atoms with Gasteiger partial charge < -0.3 is 9.64 Å². The predicted molar refractivity (Wildman–Crippen MR) is 69.8 cm³/mol. The molecular weight excluding hydrogens is 214 g/mol. The average molecular weight is 241 g/mol. The van der Waals surface area contributed by atoms with Crippen molar-refractivity contribution in [2.24, 2.45) is 17.8 Å². The molecule has 1 heterocycles. The monoisotopic (exact) mass is 241 g/mol. The third kappa shape index (κ3) is 5.07. The highest BCUT2D eigenvalue weighted by atomic mass is 16.5. The largest absolute Gasteiger partial charge is 0.469 e. The first-order valence-electron chi connectivity index (χ1n) is 6.83. The van der Waals surface area contributed by atoms with E-state index >= 15 is 0 Å². The summed E-state index contributed by atoms with van der Waals surface area (Å²) in [6.07, 6.45) is 3.50. The van der Waals surface area contributed by atoms with Gasteiger partial charge in [0.15, 0.2) is 0 Å². The van der Waals surface area contributed by atoms with Crippen molar-refractivity contribution in [2.75, 3.05) is 26.7 Å². The van der Waals surface area contributed by atoms with Gasteiger partial charge in [-0.05, 0) is 37.6 Å². The maximum atomic E-state index is 11.4. The van der Waals surface area contributed by atoms with Crippen LogP contribution in [0, 0.1) is 17.8 Å². The molecule has 1 rings (SSSR count). The van der Waals surface area contributed by atoms with Gasteiger partial charge in [-0.3, -0.25) is 4.79 Å². The zero-order valence-electron chi connectivity index (χ0n) is 11.7. The van der Waals surface area contributed by atoms with Crippen LogP contribution in [0.2, 0.25) is 0 Å². The van der Waals surface area contributed by atoms with Crippen molar-refractivity contribution in [3.05, 3.63) is 0 Å². The molecule has 0 aliphatic carbocycles. The van der Waals surface area contributed by atoms with Crippen molar-refractivity contribution >= 4 is 5.97 Å². The molecule has 0 saturated carbocycles. The SMILES string of the molecule is COC(=O)C(C)CC1CCCN(CC(C)C)C1. The molecule has 0 N–H and O–H groups in total. The van der Waals surface area contributed by atoms with Gasteiger partial charge >= 0.3 is 5.97 Å². The van der Waals surface area contributed by atoms with Crippen molar-refractivity contribution < 1.29 is 9.53 Å². The Hall–Kier alpha value is -0.570. The lowest BCUT2D eigenvalue weighted by Gasteiger charge is -2.34. The third-order valence-electron chi connectivity index (χ3n) is 3.52. The van der Waals surface area contributed by atoms with Gasteiger partial charge in [0.25, 0.3) is 0 Å². The number of rotatable bonds is 5. The molecule has 0 amide bonds. The molecule has 0 radical (unpaired) electrons. The summed E-state index contributed by atoms with van der Waals surface area (Å²) in [4.78, 5) is 14.0. The van der Waals surface area contributed by atoms with Crippen LogP contribution in [-0.4, -0.2) is 37.6 Å². The Balaban J connectivity index is 2.36. The van der Waals surface area contributed by atoms with E-state index in [0.717, 1.165) is 18.9 Å². The number of esters is 1. The van der Waals surface area contributed by atoms with Crippen LogP contribution in [0.3, 0.4) is 0 Å². The van der Waals surface area contributed by atoms with Gasteiger partial charge in [0.05, 0.1) is 13.0 Å². The molecule has 0 aromatic rings. The van der Waals surface area contributed by atoms with Crippen LogP contribution in [0.4, 0.5) is 0 Å². The van der Waals surface area contributed by atoms with E-state index in [-0.39, 0.29) is 11.9 Å². The lowest BCUT2D eigenvalue weighted by atomic mass is 9.88. The molecule has 100 valence electrons. The highest BCUT2D eigenvalue weighted by Gasteiger charge is 2.24. The Morgan fingerprint density at radius 3 is 2.71 bits per heavy atom. The molecule has 17 heavy (non-hydrogen) atoms. The summed E-state index contributed by atoms with van der Waals surface area (Å²) in [6.45, 7) is 10.1. The number of carbonyl (C=O) groups is 1. The third-order valence-corrected chi connectivity index (χ3v) is 3.52. The van der Waals surface area contributed by atoms with E-state index in [2.05, 4.69) is 18.7 Å². The topological polar surface area (TPSA) is 29.5 Å². The second kappa shape index (κ2) is 7.00. The van der Waals surface area contributed by atoms with Gasteiger partial charge in [-0.25, -0.2) is 0 Å². The van der Waals surface area contributed by atoms with Crippen LogP contribution >= 0.6 is 0 Å². The van der Waals surface area contributed by atoms with Crippen LogP contribution < -0.4 is 0 Å². The lowest BCUT2D eigenvalue weighted by Crippen LogP contribution is -2.38. The molecule has 2 unspecified atom stereocenters. The van der Waals surface area contributed by atoms with Crippen molar-refractivity contribution in [2.45, 2.75) is 40.0 Å². The van der Waals surface area contributed by atoms with Crippen LogP contribution in [-0.2, 0) is 9.53 Å². The van der Waals surface area contributed by atoms with Gasteiger partial charge in [-0.1, -0.05) is 20.8 Å². The highest BCUT2D eigenvalue weighted by molar-refractivity contribution is 5.71. The summed E-state index contributed by atoms with van der Waals surface area (Å²) in [6, 6.07) is 0. The maximum absolute atomic E-state index is 11.4. The van der Waals surface area contributed by atoms with Gasteiger partial charge in [0.2, 0.25) is 0 Å². The van der Waals surface area contributed by atoms with Crippen molar-refractivity contribution in [1.82, 2.24) is 4.90 Å². The average Bonchev–Trinajstić information content (AvgIpc) is 2.27. The first kappa shape index (κ1) is 14.5. The summed E-state index contributed by atoms with van der Waals surface area (Å²) in [5, 5.41) is 0. The molecule has 0 aromatic carbocycles. The Bertz CT molecular complexity index is 240. The number of hydrogen-bond acceptors (Lipinski definition) is 3. The molecule has 1 fully saturated rings. The standard InChI is InChI=1S/C14H27NO2/c1-11(2)9-15-7-5-6-13(10-15)8-12(3)14(16)17-4/h11-13H,5-10H2,1-4H3. The Morgan fingerprint density at radius 1 is 1.41 bits per heavy atom. The summed E-state index contributed by atoms with van der Waals surface area (Å²) < 4.78 is 4.79. The quantitative estimate of drug-likeness (QED) is 0.693. The first-order valence-corrected chi connectivity index (χ1v) is 6.83. The van der Waals surface area contributed by atoms with Gasteiger partial charge in [0.1, 0.15) is 0 Å². The number of carbonyl (C=O) groups excluding carboxylic acids is 1. The number of hydrogen-bond donors (Lipinski definition) is 0. The van der Waals surface area contributed by atoms with Gasteiger partial charge in [0, 0.05) is 13.1 Å². The Morgan fingerprint density at radius 2 is 2.12 bits per heavy atom. The van der Waals surface area contributed by atoms with Crippen LogP contribution in [0.25, 0.3) is 0 Å². The van der Waals surface area contributed by atoms with Crippen LogP contribution in [0.1, 0.15) is 40.0 Å². The van der Waals surface area contributed by atoms with Gasteiger partial charge in [-0.15, -0.1) is 0 Å². The minimum atomic E-state index is -0.0639. The second-order valence-electron chi connectivity index (χ2n) is 5.82. The molecule has 2 atom stereocenters. The fraction of sp³-hybridized carbons (Fsp3) is 0.929. The lowest BCUT2D eigenvalue weighted by molar-refractivity contribution is -0.145. The zero-order valence-corrected chi connectivity index (χ0v) is 11.7. The number of likely N-dealkylation sites (tertiary alicyclic amines) is 1. The normalized spacial score (nSPS) is 23.7. The van der Waals surface area contributed by atoms with Crippen LogP contribution in [0.5, 0.6) is 0 Å². The fourth-order valence-corrected chi connectivity index (χ4v) is 2.82. The molecule has 0 spiro atoms. The van der Waals surface area contributed by atoms with E-state index in [1.807, 2.05) is 6.92 Å². The maximum Gasteiger partial charge on any atom is 0.308 e. The fourth-order valence-electron chi connectivity index (χ4n) is 2.82. The van der Waals surface area contributed by atoms with E-state index in [1.165, 1.54) is 33.0 Å². The molecule has 1 saturated heterocycles. The van der Waals surface area contributed by atoms with E-state index in [4.69, 9.17) is 4.74 Å². The smallest absolute Gasteiger partial charge is 0.308 e. The molecule has 1 aliphatic heterocycles. The molecule has 0 bridgehead atoms. The van der Waals surface area contributed by atoms with E-state index in [9.17, 15) is 4.79 Å². The highest BCUT2D eigenvalue weighted by Crippen LogP contribution is 2.24. The van der Waals surface area contributed by atoms with Crippen molar-refractivity contribution in [3.63, 3.8) is 0 Å². The number of methoxy groups -OCH3 is 1. The second-order valence-corrected chi connectivity index (χ2v) is 5.82. The number of piperidine rings is 1. The van der Waals surface area contributed by atoms with Crippen molar-refractivity contribution in [1.29, 1.82) is 0 Å². The van der Waals surface area contributed by atoms with E-state index < -0.39 is 0 Å². The Kier molecular flexibility index (Phi) is 5.96. The van der Waals surface area contributed by atoms with E-state index in [0.29, 0.717) is 5.92 Å². The summed E-state index contributed by atoms with van der Waals surface area (Å²) in [7, 11) is 1.48. The number of ether oxygens (including phenoxy) is 1. The Labute approximate surface area is 106 Å². The number of nitrogens with zero attached hydrogens (tertiary/aromatic N) is 1. The minimum absolute atomic E-state index is 0.0454. The van der Waals surface area contributed by atoms with Crippen LogP contribution in [0.15, 0.2) is 0 Å². The molecule has 1 aliphatic rings. The molecule has 3 nitrogen and oxygen atoms in total. The zero-order chi connectivity index (χ0) is 12.8. The first-order chi connectivity index (χ1) is 8.02. The molecule has 3 heteroatoms. The minimum Gasteiger partial charge on any atom is -0.469 e. The summed E-state index contributed by atoms with van der Waals surface area (Å²) in [5.41, 5.74) is 0. The van der Waals surface area contributed by atoms with Gasteiger partial charge in [-0.2, -0.15) is 0 Å².